The average molecular weight is 645 g/mol. The van der Waals surface area contributed by atoms with Gasteiger partial charge < -0.3 is 4.74 Å². The summed E-state index contributed by atoms with van der Waals surface area (Å²) in [6.07, 6.45) is -4.89. The summed E-state index contributed by atoms with van der Waals surface area (Å²) >= 11 is 1.13. The summed E-state index contributed by atoms with van der Waals surface area (Å²) in [4.78, 5) is 37.8. The number of aryl methyl sites for hydroxylation is 1. The van der Waals surface area contributed by atoms with Crippen molar-refractivity contribution in [2.45, 2.75) is 18.9 Å². The maximum Gasteiger partial charge on any atom is 0.431 e. The van der Waals surface area contributed by atoms with Gasteiger partial charge in [-0.15, -0.1) is 0 Å². The molecule has 0 radical (unpaired) electrons. The van der Waals surface area contributed by atoms with Gasteiger partial charge in [0.25, 0.3) is 11.5 Å². The van der Waals surface area contributed by atoms with E-state index in [-0.39, 0.29) is 17.2 Å². The Balaban J connectivity index is 1.41. The van der Waals surface area contributed by atoms with Crippen LogP contribution in [0.3, 0.4) is 0 Å². The Hall–Kier alpha value is -4.76. The van der Waals surface area contributed by atoms with Crippen LogP contribution in [0.1, 0.15) is 16.8 Å². The number of carbonyl (C=O) groups excluding carboxylic acids is 1. The van der Waals surface area contributed by atoms with Gasteiger partial charge in [0, 0.05) is 24.1 Å². The van der Waals surface area contributed by atoms with Crippen LogP contribution in [-0.2, 0) is 33.8 Å². The Kier molecular flexibility index (Phi) is 8.18. The van der Waals surface area contributed by atoms with E-state index in [0.29, 0.717) is 42.1 Å². The third-order valence-electron chi connectivity index (χ3n) is 6.63. The van der Waals surface area contributed by atoms with Gasteiger partial charge in [0.2, 0.25) is 10.0 Å². The number of nitrogens with zero attached hydrogens (tertiary/aromatic N) is 3. The minimum absolute atomic E-state index is 0.0525. The Morgan fingerprint density at radius 1 is 1.02 bits per heavy atom. The zero-order valence-electron chi connectivity index (χ0n) is 23.1. The van der Waals surface area contributed by atoms with Crippen LogP contribution in [0.25, 0.3) is 27.0 Å². The Labute approximate surface area is 252 Å². The molecule has 0 aliphatic rings. The number of fused-ring (bicyclic) bond motifs is 1. The maximum atomic E-state index is 13.3. The number of nitrogens with one attached hydrogen (secondary N) is 1. The van der Waals surface area contributed by atoms with Crippen molar-refractivity contribution in [2.75, 3.05) is 6.61 Å². The standard InChI is InChI=1S/C29H23F3N4O6S2/c1-17-8-10-20(42-15-25(37)34-44(40,41)16-18-6-4-3-5-7-18)13-21(17)27-22-12-19(9-11-23(22)43-33-27)36-26(38)14-24(29(30,31)32)35(2)28(36)39/h3-14H,15-16H2,1-2H3,(H,34,37). The van der Waals surface area contributed by atoms with Gasteiger partial charge in [-0.3, -0.25) is 14.2 Å². The molecule has 5 rings (SSSR count). The predicted molar refractivity (Wildman–Crippen MR) is 158 cm³/mol. The second-order valence-corrected chi connectivity index (χ2v) is 12.3. The fourth-order valence-corrected chi connectivity index (χ4v) is 6.40. The SMILES string of the molecule is Cc1ccc(OCC(=O)NS(=O)(=O)Cc2ccccc2)cc1-c1nsc2ccc(-n3c(=O)cc(C(F)(F)F)n(C)c3=O)cc12. The van der Waals surface area contributed by atoms with Gasteiger partial charge in [0.05, 0.1) is 21.8 Å². The van der Waals surface area contributed by atoms with Crippen molar-refractivity contribution >= 4 is 37.5 Å². The number of alkyl halides is 3. The number of sulfonamides is 1. The third kappa shape index (κ3) is 6.43. The van der Waals surface area contributed by atoms with Crippen molar-refractivity contribution in [1.82, 2.24) is 18.2 Å². The average Bonchev–Trinajstić information content (AvgIpc) is 3.37. The first-order chi connectivity index (χ1) is 20.7. The number of aromatic nitrogens is 3. The van der Waals surface area contributed by atoms with Crippen LogP contribution < -0.4 is 20.7 Å². The van der Waals surface area contributed by atoms with Gasteiger partial charge >= 0.3 is 11.9 Å². The molecule has 0 aliphatic heterocycles. The highest BCUT2D eigenvalue weighted by molar-refractivity contribution is 7.89. The van der Waals surface area contributed by atoms with Crippen LogP contribution in [-0.4, -0.2) is 34.4 Å². The van der Waals surface area contributed by atoms with Crippen molar-refractivity contribution in [1.29, 1.82) is 0 Å². The van der Waals surface area contributed by atoms with Crippen LogP contribution in [0.4, 0.5) is 13.2 Å². The number of rotatable bonds is 8. The molecule has 0 fully saturated rings. The lowest BCUT2D eigenvalue weighted by Crippen LogP contribution is -2.40. The normalized spacial score (nSPS) is 11.9. The van der Waals surface area contributed by atoms with E-state index in [2.05, 4.69) is 4.37 Å². The number of hydrogen-bond donors (Lipinski definition) is 1. The van der Waals surface area contributed by atoms with Gasteiger partial charge in [-0.05, 0) is 59.9 Å². The summed E-state index contributed by atoms with van der Waals surface area (Å²) in [5, 5.41) is 0.520. The van der Waals surface area contributed by atoms with Gasteiger partial charge in [0.15, 0.2) is 6.61 Å². The molecule has 2 aromatic heterocycles. The monoisotopic (exact) mass is 644 g/mol. The zero-order chi connectivity index (χ0) is 31.8. The molecule has 0 aliphatic carbocycles. The van der Waals surface area contributed by atoms with E-state index in [9.17, 15) is 36.0 Å². The van der Waals surface area contributed by atoms with Crippen molar-refractivity contribution in [3.05, 3.63) is 110 Å². The summed E-state index contributed by atoms with van der Waals surface area (Å²) in [7, 11) is -3.01. The lowest BCUT2D eigenvalue weighted by molar-refractivity contribution is -0.144. The summed E-state index contributed by atoms with van der Waals surface area (Å²) in [6.45, 7) is 1.21. The van der Waals surface area contributed by atoms with Crippen LogP contribution >= 0.6 is 11.5 Å². The van der Waals surface area contributed by atoms with E-state index < -0.39 is 45.7 Å². The topological polar surface area (TPSA) is 129 Å². The molecule has 0 saturated carbocycles. The summed E-state index contributed by atoms with van der Waals surface area (Å²) < 4.78 is 78.4. The second-order valence-electron chi connectivity index (χ2n) is 9.79. The molecule has 3 aromatic carbocycles. The van der Waals surface area contributed by atoms with Gasteiger partial charge in [-0.25, -0.2) is 22.5 Å². The van der Waals surface area contributed by atoms with E-state index in [4.69, 9.17) is 4.74 Å². The molecule has 0 bridgehead atoms. The number of ether oxygens (including phenoxy) is 1. The van der Waals surface area contributed by atoms with Gasteiger partial charge in [-0.1, -0.05) is 36.4 Å². The van der Waals surface area contributed by atoms with E-state index in [1.54, 1.807) is 61.5 Å². The molecule has 10 nitrogen and oxygen atoms in total. The highest BCUT2D eigenvalue weighted by Crippen LogP contribution is 2.35. The Bertz CT molecular complexity index is 2120. The van der Waals surface area contributed by atoms with E-state index in [0.717, 1.165) is 24.1 Å². The van der Waals surface area contributed by atoms with E-state index >= 15 is 0 Å². The Morgan fingerprint density at radius 2 is 1.75 bits per heavy atom. The molecular formula is C29H23F3N4O6S2. The maximum absolute atomic E-state index is 13.3. The first kappa shape index (κ1) is 30.7. The van der Waals surface area contributed by atoms with E-state index in [1.807, 2.05) is 4.72 Å². The van der Waals surface area contributed by atoms with Crippen molar-refractivity contribution in [2.24, 2.45) is 7.05 Å². The van der Waals surface area contributed by atoms with Gasteiger partial charge in [-0.2, -0.15) is 17.5 Å². The molecule has 1 amide bonds. The number of hydrogen-bond acceptors (Lipinski definition) is 8. The first-order valence-electron chi connectivity index (χ1n) is 12.8. The minimum atomic E-state index is -4.89. The Morgan fingerprint density at radius 3 is 2.45 bits per heavy atom. The fourth-order valence-electron chi connectivity index (χ4n) is 4.52. The molecule has 44 heavy (non-hydrogen) atoms. The molecule has 5 aromatic rings. The quantitative estimate of drug-likeness (QED) is 0.269. The van der Waals surface area contributed by atoms with Crippen molar-refractivity contribution < 1.29 is 31.1 Å². The summed E-state index contributed by atoms with van der Waals surface area (Å²) in [5.74, 6) is -1.00. The fraction of sp³-hybridized carbons (Fsp3) is 0.172. The predicted octanol–water partition coefficient (Wildman–Crippen LogP) is 4.17. The molecule has 15 heteroatoms. The highest BCUT2D eigenvalue weighted by atomic mass is 32.2. The summed E-state index contributed by atoms with van der Waals surface area (Å²) in [5.41, 5.74) is -1.32. The van der Waals surface area contributed by atoms with Crippen LogP contribution in [0.2, 0.25) is 0 Å². The largest absolute Gasteiger partial charge is 0.484 e. The molecule has 228 valence electrons. The molecule has 0 saturated heterocycles. The van der Waals surface area contributed by atoms with Crippen LogP contribution in [0.5, 0.6) is 5.75 Å². The molecule has 0 spiro atoms. The molecule has 1 N–H and O–H groups in total. The van der Waals surface area contributed by atoms with Crippen LogP contribution in [0.15, 0.2) is 82.4 Å². The van der Waals surface area contributed by atoms with Crippen molar-refractivity contribution in [3.63, 3.8) is 0 Å². The lowest BCUT2D eigenvalue weighted by atomic mass is 10.0. The molecular weight excluding hydrogens is 621 g/mol. The second kappa shape index (κ2) is 11.7. The smallest absolute Gasteiger partial charge is 0.431 e. The minimum Gasteiger partial charge on any atom is -0.484 e. The summed E-state index contributed by atoms with van der Waals surface area (Å²) in [6, 6.07) is 18.2. The number of amides is 1. The van der Waals surface area contributed by atoms with Crippen LogP contribution in [0, 0.1) is 6.92 Å². The molecule has 2 heterocycles. The van der Waals surface area contributed by atoms with Crippen molar-refractivity contribution in [3.8, 4) is 22.7 Å². The lowest BCUT2D eigenvalue weighted by Gasteiger charge is -2.14. The zero-order valence-corrected chi connectivity index (χ0v) is 24.7. The molecule has 0 atom stereocenters. The van der Waals surface area contributed by atoms with E-state index in [1.165, 1.54) is 12.1 Å². The third-order valence-corrected chi connectivity index (χ3v) is 8.70. The van der Waals surface area contributed by atoms with Gasteiger partial charge in [0.1, 0.15) is 11.4 Å². The first-order valence-corrected chi connectivity index (χ1v) is 15.3. The number of halogens is 3. The number of benzene rings is 3. The number of carbonyl (C=O) groups is 1. The highest BCUT2D eigenvalue weighted by Gasteiger charge is 2.35. The molecule has 0 unspecified atom stereocenters.